The zero-order valence-electron chi connectivity index (χ0n) is 20.5. The monoisotopic (exact) mass is 482 g/mol. The van der Waals surface area contributed by atoms with E-state index in [0.29, 0.717) is 23.4 Å². The number of imide groups is 1. The molecule has 7 heteroatoms. The number of phenolic OH excluding ortho intramolecular Hbond substituents is 1. The van der Waals surface area contributed by atoms with Gasteiger partial charge in [-0.25, -0.2) is 0 Å². The maximum Gasteiger partial charge on any atom is 0.261 e. The first-order chi connectivity index (χ1) is 17.5. The largest absolute Gasteiger partial charge is 0.505 e. The number of unbranched alkanes of at least 4 members (excludes halogenated alkanes) is 5. The number of rotatable bonds is 10. The van der Waals surface area contributed by atoms with Crippen LogP contribution in [-0.4, -0.2) is 43.4 Å². The molecule has 0 spiro atoms. The fraction of sp³-hybridized carbons (Fsp3) is 0.310. The van der Waals surface area contributed by atoms with Crippen molar-refractivity contribution in [2.24, 2.45) is 0 Å². The van der Waals surface area contributed by atoms with E-state index in [9.17, 15) is 14.7 Å². The second kappa shape index (κ2) is 10.3. The lowest BCUT2D eigenvalue weighted by Crippen LogP contribution is -2.30. The van der Waals surface area contributed by atoms with Crippen LogP contribution in [0, 0.1) is 6.92 Å². The quantitative estimate of drug-likeness (QED) is 0.234. The molecule has 5 rings (SSSR count). The first kappa shape index (κ1) is 23.7. The maximum atomic E-state index is 12.4. The number of aromatic hydroxyl groups is 1. The number of aromatic nitrogens is 3. The van der Waals surface area contributed by atoms with Crippen molar-refractivity contribution < 1.29 is 14.7 Å². The molecule has 0 fully saturated rings. The van der Waals surface area contributed by atoms with Crippen LogP contribution >= 0.6 is 0 Å². The molecule has 0 saturated carbocycles. The lowest BCUT2D eigenvalue weighted by atomic mass is 10.0. The number of aryl methyl sites for hydroxylation is 2. The van der Waals surface area contributed by atoms with Crippen molar-refractivity contribution in [1.29, 1.82) is 0 Å². The van der Waals surface area contributed by atoms with Gasteiger partial charge in [0.2, 0.25) is 0 Å². The third-order valence-electron chi connectivity index (χ3n) is 6.77. The van der Waals surface area contributed by atoms with E-state index in [0.717, 1.165) is 67.1 Å². The van der Waals surface area contributed by atoms with Gasteiger partial charge in [-0.1, -0.05) is 56.0 Å². The van der Waals surface area contributed by atoms with Crippen LogP contribution < -0.4 is 0 Å². The number of phenols is 1. The Morgan fingerprint density at radius 3 is 1.94 bits per heavy atom. The standard InChI is InChI=1S/C29H30N4O3/c1-20-18-21(27(34)26(19-20)33-30-24-15-9-10-16-25(24)31-33)12-6-4-2-3-5-11-17-32-28(35)22-13-7-8-14-23(22)29(32)36/h7-10,13-16,18-19,34H,2-6,11-12,17H2,1H3. The maximum absolute atomic E-state index is 12.4. The van der Waals surface area contributed by atoms with Gasteiger partial charge in [-0.2, -0.15) is 0 Å². The molecule has 0 unspecified atom stereocenters. The van der Waals surface area contributed by atoms with Crippen LogP contribution in [0.5, 0.6) is 5.75 Å². The molecule has 1 aliphatic rings. The van der Waals surface area contributed by atoms with Crippen LogP contribution in [0.2, 0.25) is 0 Å². The zero-order valence-corrected chi connectivity index (χ0v) is 20.5. The molecule has 184 valence electrons. The fourth-order valence-corrected chi connectivity index (χ4v) is 4.88. The second-order valence-corrected chi connectivity index (χ2v) is 9.45. The van der Waals surface area contributed by atoms with Crippen LogP contribution in [0.4, 0.5) is 0 Å². The molecule has 1 aliphatic heterocycles. The first-order valence-electron chi connectivity index (χ1n) is 12.6. The molecule has 2 heterocycles. The van der Waals surface area contributed by atoms with Gasteiger partial charge in [-0.05, 0) is 67.6 Å². The van der Waals surface area contributed by atoms with E-state index in [1.807, 2.05) is 43.3 Å². The summed E-state index contributed by atoms with van der Waals surface area (Å²) in [5, 5.41) is 19.9. The molecular formula is C29H30N4O3. The number of carbonyl (C=O) groups is 2. The Kier molecular flexibility index (Phi) is 6.80. The molecule has 0 bridgehead atoms. The van der Waals surface area contributed by atoms with E-state index in [-0.39, 0.29) is 17.6 Å². The van der Waals surface area contributed by atoms with Crippen LogP contribution in [0.25, 0.3) is 16.7 Å². The number of hydrogen-bond acceptors (Lipinski definition) is 5. The molecule has 7 nitrogen and oxygen atoms in total. The van der Waals surface area contributed by atoms with Gasteiger partial charge >= 0.3 is 0 Å². The highest BCUT2D eigenvalue weighted by atomic mass is 16.3. The first-order valence-corrected chi connectivity index (χ1v) is 12.6. The summed E-state index contributed by atoms with van der Waals surface area (Å²) in [5.74, 6) is -0.112. The van der Waals surface area contributed by atoms with Gasteiger partial charge in [-0.15, -0.1) is 15.0 Å². The highest BCUT2D eigenvalue weighted by molar-refractivity contribution is 6.21. The molecule has 0 atom stereocenters. The van der Waals surface area contributed by atoms with Crippen LogP contribution in [-0.2, 0) is 6.42 Å². The summed E-state index contributed by atoms with van der Waals surface area (Å²) in [7, 11) is 0. The second-order valence-electron chi connectivity index (χ2n) is 9.45. The number of fused-ring (bicyclic) bond motifs is 2. The summed E-state index contributed by atoms with van der Waals surface area (Å²) in [6.07, 6.45) is 6.75. The number of amides is 2. The Balaban J connectivity index is 1.07. The summed E-state index contributed by atoms with van der Waals surface area (Å²) < 4.78 is 0. The Morgan fingerprint density at radius 2 is 1.31 bits per heavy atom. The van der Waals surface area contributed by atoms with E-state index in [1.165, 1.54) is 9.70 Å². The van der Waals surface area contributed by atoms with Gasteiger partial charge in [0, 0.05) is 6.54 Å². The predicted octanol–water partition coefficient (Wildman–Crippen LogP) is 5.61. The Hall–Kier alpha value is -4.00. The molecule has 36 heavy (non-hydrogen) atoms. The predicted molar refractivity (Wildman–Crippen MR) is 138 cm³/mol. The third-order valence-corrected chi connectivity index (χ3v) is 6.77. The van der Waals surface area contributed by atoms with E-state index in [1.54, 1.807) is 24.3 Å². The molecule has 4 aromatic rings. The molecule has 1 N–H and O–H groups in total. The van der Waals surface area contributed by atoms with E-state index in [4.69, 9.17) is 0 Å². The molecule has 0 aliphatic carbocycles. The smallest absolute Gasteiger partial charge is 0.261 e. The van der Waals surface area contributed by atoms with Crippen LogP contribution in [0.1, 0.15) is 70.4 Å². The highest BCUT2D eigenvalue weighted by Gasteiger charge is 2.34. The van der Waals surface area contributed by atoms with Crippen molar-refractivity contribution in [3.63, 3.8) is 0 Å². The lowest BCUT2D eigenvalue weighted by Gasteiger charge is -2.13. The minimum atomic E-state index is -0.175. The minimum absolute atomic E-state index is 0.175. The van der Waals surface area contributed by atoms with Gasteiger partial charge in [0.05, 0.1) is 11.1 Å². The number of benzene rings is 3. The normalized spacial score (nSPS) is 13.1. The van der Waals surface area contributed by atoms with Crippen molar-refractivity contribution >= 4 is 22.8 Å². The molecular weight excluding hydrogens is 452 g/mol. The average molecular weight is 483 g/mol. The van der Waals surface area contributed by atoms with Gasteiger partial charge in [-0.3, -0.25) is 14.5 Å². The van der Waals surface area contributed by atoms with E-state index in [2.05, 4.69) is 10.2 Å². The topological polar surface area (TPSA) is 88.3 Å². The molecule has 2 amide bonds. The summed E-state index contributed by atoms with van der Waals surface area (Å²) >= 11 is 0. The van der Waals surface area contributed by atoms with Gasteiger partial charge < -0.3 is 5.11 Å². The van der Waals surface area contributed by atoms with Gasteiger partial charge in [0.1, 0.15) is 22.5 Å². The molecule has 0 saturated heterocycles. The van der Waals surface area contributed by atoms with Crippen molar-refractivity contribution in [2.45, 2.75) is 51.9 Å². The number of nitrogens with zero attached hydrogens (tertiary/aromatic N) is 4. The summed E-state index contributed by atoms with van der Waals surface area (Å²) in [6.45, 7) is 2.49. The average Bonchev–Trinajstić information content (AvgIpc) is 3.42. The Labute approximate surface area is 210 Å². The van der Waals surface area contributed by atoms with Gasteiger partial charge in [0.15, 0.2) is 0 Å². The Bertz CT molecular complexity index is 1360. The third kappa shape index (κ3) is 4.73. The van der Waals surface area contributed by atoms with Crippen LogP contribution in [0.15, 0.2) is 60.7 Å². The lowest BCUT2D eigenvalue weighted by molar-refractivity contribution is 0.0651. The summed E-state index contributed by atoms with van der Waals surface area (Å²) in [4.78, 5) is 27.8. The van der Waals surface area contributed by atoms with Crippen molar-refractivity contribution in [2.75, 3.05) is 6.54 Å². The minimum Gasteiger partial charge on any atom is -0.505 e. The van der Waals surface area contributed by atoms with Crippen molar-refractivity contribution in [1.82, 2.24) is 19.9 Å². The molecule has 3 aromatic carbocycles. The van der Waals surface area contributed by atoms with E-state index >= 15 is 0 Å². The Morgan fingerprint density at radius 1 is 0.750 bits per heavy atom. The van der Waals surface area contributed by atoms with E-state index < -0.39 is 0 Å². The van der Waals surface area contributed by atoms with Crippen LogP contribution in [0.3, 0.4) is 0 Å². The molecule has 0 radical (unpaired) electrons. The van der Waals surface area contributed by atoms with Gasteiger partial charge in [0.25, 0.3) is 11.8 Å². The van der Waals surface area contributed by atoms with Crippen molar-refractivity contribution in [3.8, 4) is 11.4 Å². The number of hydrogen-bond donors (Lipinski definition) is 1. The summed E-state index contributed by atoms with van der Waals surface area (Å²) in [6, 6.07) is 18.6. The molecule has 1 aromatic heterocycles. The zero-order chi connectivity index (χ0) is 25.1. The highest BCUT2D eigenvalue weighted by Crippen LogP contribution is 2.29. The number of carbonyl (C=O) groups excluding carboxylic acids is 2. The summed E-state index contributed by atoms with van der Waals surface area (Å²) in [5.41, 5.74) is 5.20. The van der Waals surface area contributed by atoms with Crippen molar-refractivity contribution in [3.05, 3.63) is 82.9 Å². The fourth-order valence-electron chi connectivity index (χ4n) is 4.88. The SMILES string of the molecule is Cc1cc(CCCCCCCCN2C(=O)c3ccccc3C2=O)c(O)c(-n2nc3ccccc3n2)c1.